The third-order valence-electron chi connectivity index (χ3n) is 2.52. The van der Waals surface area contributed by atoms with Crippen LogP contribution < -0.4 is 20.1 Å². The van der Waals surface area contributed by atoms with E-state index in [1.54, 1.807) is 7.11 Å². The van der Waals surface area contributed by atoms with Gasteiger partial charge in [-0.1, -0.05) is 0 Å². The quantitative estimate of drug-likeness (QED) is 0.709. The fourth-order valence-corrected chi connectivity index (χ4v) is 1.53. The molecule has 0 aromatic heterocycles. The summed E-state index contributed by atoms with van der Waals surface area (Å²) in [6.45, 7) is 1.16. The summed E-state index contributed by atoms with van der Waals surface area (Å²) < 4.78 is 28.4. The molecule has 0 saturated carbocycles. The van der Waals surface area contributed by atoms with Gasteiger partial charge in [-0.05, 0) is 0 Å². The molecule has 0 unspecified atom stereocenters. The van der Waals surface area contributed by atoms with Crippen molar-refractivity contribution in [3.63, 3.8) is 0 Å². The lowest BCUT2D eigenvalue weighted by atomic mass is 10.2. The summed E-state index contributed by atoms with van der Waals surface area (Å²) in [6.07, 6.45) is 0. The van der Waals surface area contributed by atoms with E-state index in [2.05, 4.69) is 10.6 Å². The van der Waals surface area contributed by atoms with E-state index < -0.39 is 5.82 Å². The van der Waals surface area contributed by atoms with E-state index in [4.69, 9.17) is 14.2 Å². The topological polar surface area (TPSA) is 68.8 Å². The van der Waals surface area contributed by atoms with E-state index in [1.165, 1.54) is 20.3 Å². The van der Waals surface area contributed by atoms with Crippen LogP contribution in [0.4, 0.5) is 10.1 Å². The smallest absolute Gasteiger partial charge is 0.238 e. The number of hydrogen-bond acceptors (Lipinski definition) is 5. The standard InChI is InChI=1S/C13H19FN2O4.ClH/c1-18-5-4-15-8-13(17)16-10-6-9(14)11(19-2)7-12(10)20-3;/h6-7,15H,4-5,8H2,1-3H3,(H,16,17);1H. The number of rotatable bonds is 8. The fourth-order valence-electron chi connectivity index (χ4n) is 1.53. The van der Waals surface area contributed by atoms with Crippen LogP contribution in [0.5, 0.6) is 11.5 Å². The minimum Gasteiger partial charge on any atom is -0.494 e. The van der Waals surface area contributed by atoms with Crippen molar-refractivity contribution >= 4 is 24.0 Å². The highest BCUT2D eigenvalue weighted by Gasteiger charge is 2.13. The highest BCUT2D eigenvalue weighted by atomic mass is 35.5. The maximum absolute atomic E-state index is 13.6. The second kappa shape index (κ2) is 10.2. The Kier molecular flexibility index (Phi) is 9.44. The van der Waals surface area contributed by atoms with E-state index in [0.29, 0.717) is 18.9 Å². The van der Waals surface area contributed by atoms with Crippen LogP contribution >= 0.6 is 12.4 Å². The Morgan fingerprint density at radius 3 is 2.43 bits per heavy atom. The second-order valence-corrected chi connectivity index (χ2v) is 3.90. The SMILES string of the molecule is COCCNCC(=O)Nc1cc(F)c(OC)cc1OC.Cl. The molecule has 0 aliphatic rings. The number of carbonyl (C=O) groups is 1. The second-order valence-electron chi connectivity index (χ2n) is 3.90. The largest absolute Gasteiger partial charge is 0.494 e. The van der Waals surface area contributed by atoms with Gasteiger partial charge in [0.25, 0.3) is 0 Å². The molecule has 8 heteroatoms. The molecular formula is C13H20ClFN2O4. The Morgan fingerprint density at radius 1 is 1.19 bits per heavy atom. The van der Waals surface area contributed by atoms with Crippen LogP contribution in [0.1, 0.15) is 0 Å². The monoisotopic (exact) mass is 322 g/mol. The van der Waals surface area contributed by atoms with Crippen LogP contribution in [0, 0.1) is 5.82 Å². The Labute approximate surface area is 129 Å². The number of methoxy groups -OCH3 is 3. The first-order chi connectivity index (χ1) is 9.62. The minimum atomic E-state index is -0.573. The van der Waals surface area contributed by atoms with Gasteiger partial charge in [-0.25, -0.2) is 4.39 Å². The zero-order valence-corrected chi connectivity index (χ0v) is 13.0. The first-order valence-electron chi connectivity index (χ1n) is 6.03. The molecule has 0 aliphatic carbocycles. The van der Waals surface area contributed by atoms with Gasteiger partial charge in [0.15, 0.2) is 11.6 Å². The number of nitrogens with one attached hydrogen (secondary N) is 2. The molecule has 120 valence electrons. The lowest BCUT2D eigenvalue weighted by Crippen LogP contribution is -2.30. The molecule has 1 aromatic rings. The molecule has 0 aliphatic heterocycles. The average Bonchev–Trinajstić information content (AvgIpc) is 2.44. The summed E-state index contributed by atoms with van der Waals surface area (Å²) in [5.41, 5.74) is 0.254. The normalized spacial score (nSPS) is 9.71. The zero-order chi connectivity index (χ0) is 15.0. The van der Waals surface area contributed by atoms with Gasteiger partial charge in [0.1, 0.15) is 5.75 Å². The van der Waals surface area contributed by atoms with Crippen LogP contribution in [0.15, 0.2) is 12.1 Å². The van der Waals surface area contributed by atoms with E-state index in [-0.39, 0.29) is 36.3 Å². The summed E-state index contributed by atoms with van der Waals surface area (Å²) in [5.74, 6) is -0.494. The Morgan fingerprint density at radius 2 is 1.86 bits per heavy atom. The van der Waals surface area contributed by atoms with Crippen LogP contribution in [-0.2, 0) is 9.53 Å². The predicted octanol–water partition coefficient (Wildman–Crippen LogP) is 1.44. The van der Waals surface area contributed by atoms with Crippen LogP contribution in [-0.4, -0.2) is 46.9 Å². The van der Waals surface area contributed by atoms with Crippen molar-refractivity contribution in [2.75, 3.05) is 46.3 Å². The highest BCUT2D eigenvalue weighted by molar-refractivity contribution is 5.93. The molecule has 1 rings (SSSR count). The number of ether oxygens (including phenoxy) is 3. The van der Waals surface area contributed by atoms with Gasteiger partial charge in [-0.15, -0.1) is 12.4 Å². The highest BCUT2D eigenvalue weighted by Crippen LogP contribution is 2.31. The molecule has 2 N–H and O–H groups in total. The molecule has 0 spiro atoms. The average molecular weight is 323 g/mol. The number of halogens is 2. The van der Waals surface area contributed by atoms with Crippen molar-refractivity contribution in [1.29, 1.82) is 0 Å². The first kappa shape index (κ1) is 19.4. The van der Waals surface area contributed by atoms with Crippen LogP contribution in [0.25, 0.3) is 0 Å². The van der Waals surface area contributed by atoms with Crippen molar-refractivity contribution in [3.05, 3.63) is 17.9 Å². The van der Waals surface area contributed by atoms with E-state index in [0.717, 1.165) is 6.07 Å². The van der Waals surface area contributed by atoms with Gasteiger partial charge in [0.05, 0.1) is 33.1 Å². The summed E-state index contributed by atoms with van der Waals surface area (Å²) in [7, 11) is 4.36. The molecule has 6 nitrogen and oxygen atoms in total. The summed E-state index contributed by atoms with van der Waals surface area (Å²) >= 11 is 0. The van der Waals surface area contributed by atoms with Crippen molar-refractivity contribution in [3.8, 4) is 11.5 Å². The summed E-state index contributed by atoms with van der Waals surface area (Å²) in [6, 6.07) is 2.54. The lowest BCUT2D eigenvalue weighted by Gasteiger charge is -2.12. The third-order valence-corrected chi connectivity index (χ3v) is 2.52. The molecule has 0 heterocycles. The van der Waals surface area contributed by atoms with E-state index in [9.17, 15) is 9.18 Å². The Hall–Kier alpha value is -1.57. The van der Waals surface area contributed by atoms with Crippen molar-refractivity contribution in [2.45, 2.75) is 0 Å². The van der Waals surface area contributed by atoms with Crippen molar-refractivity contribution in [1.82, 2.24) is 5.32 Å². The number of benzene rings is 1. The minimum absolute atomic E-state index is 0. The molecule has 21 heavy (non-hydrogen) atoms. The van der Waals surface area contributed by atoms with Crippen LogP contribution in [0.2, 0.25) is 0 Å². The maximum atomic E-state index is 13.6. The van der Waals surface area contributed by atoms with E-state index in [1.807, 2.05) is 0 Å². The number of anilines is 1. The molecule has 1 amide bonds. The molecule has 0 fully saturated rings. The number of carbonyl (C=O) groups excluding carboxylic acids is 1. The fraction of sp³-hybridized carbons (Fsp3) is 0.462. The van der Waals surface area contributed by atoms with Gasteiger partial charge < -0.3 is 24.8 Å². The molecule has 0 bridgehead atoms. The van der Waals surface area contributed by atoms with Gasteiger partial charge in [0, 0.05) is 25.8 Å². The lowest BCUT2D eigenvalue weighted by molar-refractivity contribution is -0.115. The summed E-state index contributed by atoms with van der Waals surface area (Å²) in [5, 5.41) is 5.45. The number of amides is 1. The molecule has 0 radical (unpaired) electrons. The van der Waals surface area contributed by atoms with E-state index >= 15 is 0 Å². The Bertz CT molecular complexity index is 460. The molecule has 0 saturated heterocycles. The predicted molar refractivity (Wildman–Crippen MR) is 80.1 cm³/mol. The van der Waals surface area contributed by atoms with Gasteiger partial charge in [0.2, 0.25) is 5.91 Å². The first-order valence-corrected chi connectivity index (χ1v) is 6.03. The molecule has 1 aromatic carbocycles. The zero-order valence-electron chi connectivity index (χ0n) is 12.2. The Balaban J connectivity index is 0.00000400. The van der Waals surface area contributed by atoms with Crippen molar-refractivity contribution in [2.24, 2.45) is 0 Å². The van der Waals surface area contributed by atoms with Crippen LogP contribution in [0.3, 0.4) is 0 Å². The van der Waals surface area contributed by atoms with Crippen molar-refractivity contribution < 1.29 is 23.4 Å². The maximum Gasteiger partial charge on any atom is 0.238 e. The number of hydrogen-bond donors (Lipinski definition) is 2. The van der Waals surface area contributed by atoms with Gasteiger partial charge in [-0.2, -0.15) is 0 Å². The third kappa shape index (κ3) is 6.16. The van der Waals surface area contributed by atoms with Gasteiger partial charge in [-0.3, -0.25) is 4.79 Å². The van der Waals surface area contributed by atoms with Gasteiger partial charge >= 0.3 is 0 Å². The summed E-state index contributed by atoms with van der Waals surface area (Å²) in [4.78, 5) is 11.7. The molecular weight excluding hydrogens is 303 g/mol. The molecule has 0 atom stereocenters.